The van der Waals surface area contributed by atoms with E-state index >= 15 is 0 Å². The van der Waals surface area contributed by atoms with Crippen LogP contribution < -0.4 is 0 Å². The molecule has 0 radical (unpaired) electrons. The number of allylic oxidation sites excluding steroid dienone is 1. The number of rotatable bonds is 0. The molecule has 0 spiro atoms. The number of hydrogen-bond acceptors (Lipinski definition) is 21. The van der Waals surface area contributed by atoms with Gasteiger partial charge in [0, 0.05) is 130 Å². The van der Waals surface area contributed by atoms with E-state index in [0.717, 1.165) is 17.5 Å². The molecular weight excluding hydrogens is 1090 g/mol. The van der Waals surface area contributed by atoms with Crippen LogP contribution in [0.2, 0.25) is 0 Å². The summed E-state index contributed by atoms with van der Waals surface area (Å²) in [4.78, 5) is 55.9. The Morgan fingerprint density at radius 3 is 1.29 bits per heavy atom. The minimum absolute atomic E-state index is 0. The van der Waals surface area contributed by atoms with E-state index in [0.29, 0.717) is 0 Å². The molecule has 0 saturated heterocycles. The van der Waals surface area contributed by atoms with Crippen molar-refractivity contribution in [2.45, 2.75) is 13.8 Å². The Morgan fingerprint density at radius 1 is 0.417 bits per heavy atom. The van der Waals surface area contributed by atoms with Gasteiger partial charge in [0.25, 0.3) is 0 Å². The van der Waals surface area contributed by atoms with Gasteiger partial charge in [-0.15, -0.1) is 10.2 Å². The number of furan rings is 1. The molecule has 15 heterocycles. The maximum Gasteiger partial charge on any atom is 0.213 e. The fourth-order valence-corrected chi connectivity index (χ4v) is 4.60. The van der Waals surface area contributed by atoms with E-state index < -0.39 is 0 Å². The Morgan fingerprint density at radius 2 is 1.05 bits per heavy atom. The first-order chi connectivity index (χ1) is 41.5. The third-order valence-corrected chi connectivity index (χ3v) is 8.06. The molecule has 16 rings (SSSR count). The van der Waals surface area contributed by atoms with Crippen LogP contribution in [-0.4, -0.2) is 107 Å². The average molecular weight is 1150 g/mol. The second kappa shape index (κ2) is 61.8. The zero-order chi connectivity index (χ0) is 58.4. The molecule has 1 aromatic carbocycles. The first-order valence-electron chi connectivity index (χ1n) is 24.1. The highest BCUT2D eigenvalue weighted by molar-refractivity contribution is 7.07. The highest BCUT2D eigenvalue weighted by atomic mass is 32.1. The molecule has 432 valence electrons. The van der Waals surface area contributed by atoms with Gasteiger partial charge in [-0.05, 0) is 89.6 Å². The molecule has 15 aromatic rings. The molecular formula is C58H65N21O4S. The number of imidazole rings is 2. The van der Waals surface area contributed by atoms with E-state index in [4.69, 9.17) is 0 Å². The fourth-order valence-electron chi connectivity index (χ4n) is 4.14. The molecule has 25 nitrogen and oxygen atoms in total. The molecule has 1 aliphatic rings. The minimum Gasteiger partial charge on any atom is -0.473 e. The molecule has 0 unspecified atom stereocenters. The zero-order valence-electron chi connectivity index (χ0n) is 44.6. The zero-order valence-corrected chi connectivity index (χ0v) is 45.4. The van der Waals surface area contributed by atoms with E-state index in [1.807, 2.05) is 145 Å². The van der Waals surface area contributed by atoms with E-state index in [9.17, 15) is 0 Å². The number of fused-ring (bicyclic) bond motifs is 1. The van der Waals surface area contributed by atoms with E-state index in [2.05, 4.69) is 123 Å². The number of aromatic amines is 5. The number of oxazole rings is 1. The summed E-state index contributed by atoms with van der Waals surface area (Å²) in [6, 6.07) is 34.5. The smallest absolute Gasteiger partial charge is 0.213 e. The van der Waals surface area contributed by atoms with Gasteiger partial charge in [0.15, 0.2) is 12.7 Å². The van der Waals surface area contributed by atoms with Crippen molar-refractivity contribution in [3.05, 3.63) is 326 Å². The summed E-state index contributed by atoms with van der Waals surface area (Å²) in [5.41, 5.74) is 2.12. The molecule has 26 heteroatoms. The van der Waals surface area contributed by atoms with Crippen molar-refractivity contribution in [1.82, 2.24) is 100 Å². The van der Waals surface area contributed by atoms with Gasteiger partial charge in [-0.25, -0.2) is 39.9 Å². The highest BCUT2D eigenvalue weighted by Gasteiger charge is 1.88. The lowest BCUT2D eigenvalue weighted by Gasteiger charge is -1.81. The van der Waals surface area contributed by atoms with Crippen LogP contribution in [0, 0.1) is 0 Å². The molecule has 1 aliphatic heterocycles. The van der Waals surface area contributed by atoms with Crippen molar-refractivity contribution in [2.75, 3.05) is 0 Å². The Hall–Kier alpha value is -12.1. The summed E-state index contributed by atoms with van der Waals surface area (Å²) < 4.78 is 17.6. The number of aliphatic imine (C=N–C) groups is 1. The fraction of sp³-hybridized carbons (Fsp3) is 0.0345. The maximum absolute atomic E-state index is 4.58. The van der Waals surface area contributed by atoms with E-state index in [1.54, 1.807) is 148 Å². The van der Waals surface area contributed by atoms with Crippen molar-refractivity contribution in [2.24, 2.45) is 4.99 Å². The number of aromatic nitrogens is 20. The summed E-state index contributed by atoms with van der Waals surface area (Å²) in [5, 5.41) is 20.1. The molecule has 0 aliphatic carbocycles. The predicted octanol–water partition coefficient (Wildman–Crippen LogP) is 12.4. The van der Waals surface area contributed by atoms with Crippen LogP contribution in [0.1, 0.15) is 13.8 Å². The molecule has 0 saturated carbocycles. The van der Waals surface area contributed by atoms with Crippen molar-refractivity contribution >= 4 is 28.6 Å². The minimum atomic E-state index is 0. The molecule has 0 atom stereocenters. The van der Waals surface area contributed by atoms with Gasteiger partial charge in [-0.3, -0.25) is 25.0 Å². The van der Waals surface area contributed by atoms with Crippen LogP contribution in [0.4, 0.5) is 0 Å². The predicted molar refractivity (Wildman–Crippen MR) is 322 cm³/mol. The van der Waals surface area contributed by atoms with Crippen LogP contribution in [-0.2, 0) is 0 Å². The standard InChI is InChI=1S/C7H6N2.C5H5N.3C4H4N2.3C4H5N.C4H4O.C4H4S.2C3H4N2.C3H3NO.2C2H2N2O.CH4/c1-2-4-7-6(3-1)8-5-9-7;1-2-4-6-5-3-1;1-2-6-4-3-5-1;2*1-2-5-4-6-3-1;5*1-2-4-5-3-1;1-2-5-3-4-1;1-2-4-5-3-1;1-2-5-3-4-1;1-3-4-2-5-1;1-3-2-5-4-1;/h1-5H,(H,8,9);1-5H;3*1-4H;1,3-4H,2H2;2*1-5H;2*1-4H;2*1-3H,(H,4,5);1-3H;2*1-2H;1H4. The second-order valence-corrected chi connectivity index (χ2v) is 14.1. The Kier molecular flexibility index (Phi) is 51.5. The van der Waals surface area contributed by atoms with Crippen LogP contribution in [0.3, 0.4) is 0 Å². The molecule has 84 heavy (non-hydrogen) atoms. The Labute approximate surface area is 489 Å². The number of nitrogens with one attached hydrogen (secondary N) is 5. The summed E-state index contributed by atoms with van der Waals surface area (Å²) in [6.07, 6.45) is 57.1. The van der Waals surface area contributed by atoms with E-state index in [1.165, 1.54) is 50.8 Å². The number of benzene rings is 1. The number of para-hydroxylation sites is 2. The summed E-state index contributed by atoms with van der Waals surface area (Å²) >= 11 is 1.71. The number of H-pyrrole nitrogens is 5. The molecule has 0 amide bonds. The first kappa shape index (κ1) is 70.0. The number of thiophene rings is 1. The van der Waals surface area contributed by atoms with Crippen LogP contribution in [0.5, 0.6) is 0 Å². The van der Waals surface area contributed by atoms with Crippen molar-refractivity contribution in [1.29, 1.82) is 0 Å². The van der Waals surface area contributed by atoms with Gasteiger partial charge in [-0.2, -0.15) is 16.4 Å². The number of hydrogen-bond donors (Lipinski definition) is 5. The lowest BCUT2D eigenvalue weighted by Crippen LogP contribution is -1.66. The third-order valence-electron chi connectivity index (χ3n) is 7.43. The normalized spacial score (nSPS) is 8.71. The van der Waals surface area contributed by atoms with Gasteiger partial charge < -0.3 is 37.7 Å². The second-order valence-electron chi connectivity index (χ2n) is 13.3. The van der Waals surface area contributed by atoms with Crippen LogP contribution >= 0.6 is 11.3 Å². The molecule has 5 N–H and O–H groups in total. The van der Waals surface area contributed by atoms with E-state index in [-0.39, 0.29) is 7.43 Å². The molecule has 0 fully saturated rings. The van der Waals surface area contributed by atoms with Gasteiger partial charge in [-0.1, -0.05) is 49.0 Å². The Balaban J connectivity index is 0.000000451. The lowest BCUT2D eigenvalue weighted by atomic mass is 10.3. The largest absolute Gasteiger partial charge is 0.473 e. The van der Waals surface area contributed by atoms with Gasteiger partial charge in [0.1, 0.15) is 18.9 Å². The number of pyridine rings is 1. The maximum atomic E-state index is 4.58. The molecule has 14 aromatic heterocycles. The highest BCUT2D eigenvalue weighted by Crippen LogP contribution is 2.05. The van der Waals surface area contributed by atoms with Crippen molar-refractivity contribution in [3.63, 3.8) is 0 Å². The first-order valence-corrected chi connectivity index (χ1v) is 25.1. The molecule has 0 bridgehead atoms. The van der Waals surface area contributed by atoms with Crippen molar-refractivity contribution in [3.8, 4) is 0 Å². The van der Waals surface area contributed by atoms with Gasteiger partial charge in [0.2, 0.25) is 19.2 Å². The summed E-state index contributed by atoms with van der Waals surface area (Å²) in [5.74, 6) is 0. The third kappa shape index (κ3) is 53.3. The van der Waals surface area contributed by atoms with Gasteiger partial charge in [0.05, 0.1) is 42.4 Å². The van der Waals surface area contributed by atoms with Crippen molar-refractivity contribution < 1.29 is 17.8 Å². The Bertz CT molecular complexity index is 2460. The topological polar surface area (TPSA) is 337 Å². The lowest BCUT2D eigenvalue weighted by molar-refractivity contribution is 0.416. The summed E-state index contributed by atoms with van der Waals surface area (Å²) in [6.45, 7) is 0. The number of nitrogens with zero attached hydrogens (tertiary/aromatic N) is 16. The SMILES string of the molecule is C.C1=CN=CC1.c1c[nH]cn1.c1cc[nH]c1.c1cc[nH]c1.c1ccc2[nH]cnc2c1.c1ccncc1.c1ccoc1.c1ccsc1.c1cn[nH]c1.c1cnccn1.c1cncnc1.c1cncnc1.c1cocn1.c1ncon1.c1nnco1. The van der Waals surface area contributed by atoms with Crippen LogP contribution in [0.25, 0.3) is 11.0 Å². The summed E-state index contributed by atoms with van der Waals surface area (Å²) in [7, 11) is 0. The quantitative estimate of drug-likeness (QED) is 0.0941. The van der Waals surface area contributed by atoms with Gasteiger partial charge >= 0.3 is 0 Å². The monoisotopic (exact) mass is 1150 g/mol. The average Bonchev–Trinajstić information content (AvgIpc) is 4.43. The van der Waals surface area contributed by atoms with Crippen LogP contribution in [0.15, 0.2) is 349 Å².